The molecule has 0 aliphatic heterocycles. The van der Waals surface area contributed by atoms with Gasteiger partial charge in [-0.2, -0.15) is 5.10 Å². The third-order valence-electron chi connectivity index (χ3n) is 5.40. The molecule has 0 spiro atoms. The molecule has 1 heterocycles. The second-order valence-corrected chi connectivity index (χ2v) is 7.74. The van der Waals surface area contributed by atoms with Gasteiger partial charge in [-0.1, -0.05) is 60.7 Å². The van der Waals surface area contributed by atoms with Gasteiger partial charge in [0, 0.05) is 26.3 Å². The fourth-order valence-electron chi connectivity index (χ4n) is 3.70. The van der Waals surface area contributed by atoms with Crippen molar-refractivity contribution in [2.45, 2.75) is 6.54 Å². The van der Waals surface area contributed by atoms with Crippen LogP contribution < -0.4 is 4.74 Å². The molecule has 3 aromatic carbocycles. The van der Waals surface area contributed by atoms with E-state index in [-0.39, 0.29) is 18.7 Å². The predicted octanol–water partition coefficient (Wildman–Crippen LogP) is 5.31. The number of hydrogen-bond acceptors (Lipinski definition) is 4. The van der Waals surface area contributed by atoms with E-state index >= 15 is 0 Å². The van der Waals surface area contributed by atoms with Crippen molar-refractivity contribution >= 4 is 5.91 Å². The molecule has 6 nitrogen and oxygen atoms in total. The third-order valence-corrected chi connectivity index (χ3v) is 5.40. The largest absolute Gasteiger partial charge is 0.439 e. The number of amides is 1. The van der Waals surface area contributed by atoms with Crippen LogP contribution in [0.2, 0.25) is 0 Å². The van der Waals surface area contributed by atoms with Gasteiger partial charge >= 0.3 is 0 Å². The van der Waals surface area contributed by atoms with E-state index in [1.165, 1.54) is 12.1 Å². The zero-order chi connectivity index (χ0) is 23.9. The summed E-state index contributed by atoms with van der Waals surface area (Å²) in [4.78, 5) is 14.9. The van der Waals surface area contributed by atoms with Gasteiger partial charge in [0.25, 0.3) is 5.91 Å². The van der Waals surface area contributed by atoms with Crippen LogP contribution in [0.5, 0.6) is 11.6 Å². The Bertz CT molecular complexity index is 1240. The number of rotatable bonds is 9. The predicted molar refractivity (Wildman–Crippen MR) is 128 cm³/mol. The van der Waals surface area contributed by atoms with Crippen LogP contribution >= 0.6 is 0 Å². The monoisotopic (exact) mass is 459 g/mol. The van der Waals surface area contributed by atoms with Gasteiger partial charge in [-0.05, 0) is 24.3 Å². The molecule has 0 aliphatic rings. The first-order valence-electron chi connectivity index (χ1n) is 11.0. The Morgan fingerprint density at radius 2 is 1.62 bits per heavy atom. The minimum absolute atomic E-state index is 0.00859. The highest BCUT2D eigenvalue weighted by Gasteiger charge is 2.26. The van der Waals surface area contributed by atoms with Crippen molar-refractivity contribution in [2.75, 3.05) is 20.3 Å². The number of benzene rings is 3. The van der Waals surface area contributed by atoms with Crippen LogP contribution in [0.15, 0.2) is 84.9 Å². The molecule has 4 aromatic rings. The summed E-state index contributed by atoms with van der Waals surface area (Å²) in [6.07, 6.45) is 0. The number of para-hydroxylation sites is 1. The summed E-state index contributed by atoms with van der Waals surface area (Å²) in [6, 6.07) is 25.1. The minimum Gasteiger partial charge on any atom is -0.439 e. The lowest BCUT2D eigenvalue weighted by molar-refractivity contribution is 0.0675. The molecule has 174 valence electrons. The summed E-state index contributed by atoms with van der Waals surface area (Å²) in [5, 5.41) is 4.71. The van der Waals surface area contributed by atoms with Crippen LogP contribution in [0.1, 0.15) is 15.9 Å². The van der Waals surface area contributed by atoms with Crippen molar-refractivity contribution < 1.29 is 18.7 Å². The average Bonchev–Trinajstić information content (AvgIpc) is 3.17. The fourth-order valence-corrected chi connectivity index (χ4v) is 3.70. The molecule has 4 rings (SSSR count). The maximum Gasteiger partial charge on any atom is 0.257 e. The summed E-state index contributed by atoms with van der Waals surface area (Å²) in [5.41, 5.74) is 2.31. The highest BCUT2D eigenvalue weighted by molar-refractivity contribution is 5.94. The van der Waals surface area contributed by atoms with Crippen LogP contribution in [0.3, 0.4) is 0 Å². The molecule has 0 saturated heterocycles. The van der Waals surface area contributed by atoms with Gasteiger partial charge in [-0.3, -0.25) is 4.79 Å². The number of halogens is 1. The van der Waals surface area contributed by atoms with Crippen LogP contribution in [-0.2, 0) is 18.3 Å². The van der Waals surface area contributed by atoms with Gasteiger partial charge in [0.2, 0.25) is 5.88 Å². The summed E-state index contributed by atoms with van der Waals surface area (Å²) in [5.74, 6) is 0.165. The second-order valence-electron chi connectivity index (χ2n) is 7.74. The first kappa shape index (κ1) is 23.2. The van der Waals surface area contributed by atoms with E-state index in [9.17, 15) is 9.18 Å². The molecule has 0 saturated carbocycles. The number of nitrogens with zero attached hydrogens (tertiary/aromatic N) is 3. The Kier molecular flexibility index (Phi) is 7.34. The molecule has 1 aromatic heterocycles. The second kappa shape index (κ2) is 10.8. The molecule has 0 N–H and O–H groups in total. The standard InChI is InChI=1S/C27H26FN3O3/c1-30-27(34-21-13-7-4-8-14-21)23(25(29-30)20-11-5-3-6-12-20)19-31(17-18-33-2)26(32)22-15-9-10-16-24(22)28/h3-16H,17-19H2,1-2H3. The van der Waals surface area contributed by atoms with Crippen molar-refractivity contribution in [1.29, 1.82) is 0 Å². The highest BCUT2D eigenvalue weighted by Crippen LogP contribution is 2.34. The smallest absolute Gasteiger partial charge is 0.257 e. The normalized spacial score (nSPS) is 10.8. The summed E-state index contributed by atoms with van der Waals surface area (Å²) >= 11 is 0. The van der Waals surface area contributed by atoms with E-state index in [4.69, 9.17) is 14.6 Å². The van der Waals surface area contributed by atoms with E-state index < -0.39 is 11.7 Å². The molecule has 0 atom stereocenters. The molecule has 34 heavy (non-hydrogen) atoms. The zero-order valence-electron chi connectivity index (χ0n) is 19.1. The SMILES string of the molecule is COCCN(Cc1c(-c2ccccc2)nn(C)c1Oc1ccccc1)C(=O)c1ccccc1F. The summed E-state index contributed by atoms with van der Waals surface area (Å²) in [6.45, 7) is 0.740. The first-order valence-corrected chi connectivity index (χ1v) is 11.0. The van der Waals surface area contributed by atoms with Crippen LogP contribution in [0, 0.1) is 5.82 Å². The van der Waals surface area contributed by atoms with Gasteiger partial charge in [0.05, 0.1) is 24.3 Å². The molecule has 1 amide bonds. The third kappa shape index (κ3) is 5.15. The van der Waals surface area contributed by atoms with Crippen molar-refractivity contribution in [3.8, 4) is 22.9 Å². The van der Waals surface area contributed by atoms with E-state index in [1.54, 1.807) is 35.9 Å². The molecule has 0 radical (unpaired) electrons. The fraction of sp³-hybridized carbons (Fsp3) is 0.185. The number of carbonyl (C=O) groups is 1. The minimum atomic E-state index is -0.565. The lowest BCUT2D eigenvalue weighted by atomic mass is 10.1. The molecule has 0 aliphatic carbocycles. The lowest BCUT2D eigenvalue weighted by Gasteiger charge is -2.23. The van der Waals surface area contributed by atoms with E-state index in [2.05, 4.69) is 0 Å². The Morgan fingerprint density at radius 3 is 2.29 bits per heavy atom. The van der Waals surface area contributed by atoms with Crippen molar-refractivity contribution in [1.82, 2.24) is 14.7 Å². The average molecular weight is 460 g/mol. The molecular formula is C27H26FN3O3. The van der Waals surface area contributed by atoms with Gasteiger partial charge in [0.1, 0.15) is 17.3 Å². The number of aromatic nitrogens is 2. The maximum absolute atomic E-state index is 14.5. The van der Waals surface area contributed by atoms with Gasteiger partial charge in [-0.15, -0.1) is 0 Å². The number of ether oxygens (including phenoxy) is 2. The number of hydrogen-bond donors (Lipinski definition) is 0. The van der Waals surface area contributed by atoms with Crippen LogP contribution in [0.25, 0.3) is 11.3 Å². The van der Waals surface area contributed by atoms with Crippen LogP contribution in [0.4, 0.5) is 4.39 Å². The maximum atomic E-state index is 14.5. The lowest BCUT2D eigenvalue weighted by Crippen LogP contribution is -2.34. The molecule has 0 fully saturated rings. The Labute approximate surface area is 198 Å². The van der Waals surface area contributed by atoms with E-state index in [0.29, 0.717) is 23.9 Å². The van der Waals surface area contributed by atoms with Crippen molar-refractivity contribution in [2.24, 2.45) is 7.05 Å². The number of carbonyl (C=O) groups excluding carboxylic acids is 1. The first-order chi connectivity index (χ1) is 16.6. The number of methoxy groups -OCH3 is 1. The van der Waals surface area contributed by atoms with Gasteiger partial charge in [-0.25, -0.2) is 9.07 Å². The van der Waals surface area contributed by atoms with Crippen molar-refractivity contribution in [3.05, 3.63) is 102 Å². The Balaban J connectivity index is 1.77. The van der Waals surface area contributed by atoms with Gasteiger partial charge in [0.15, 0.2) is 0 Å². The molecule has 0 bridgehead atoms. The Morgan fingerprint density at radius 1 is 0.971 bits per heavy atom. The van der Waals surface area contributed by atoms with Crippen molar-refractivity contribution in [3.63, 3.8) is 0 Å². The zero-order valence-corrected chi connectivity index (χ0v) is 19.1. The quantitative estimate of drug-likeness (QED) is 0.341. The summed E-state index contributed by atoms with van der Waals surface area (Å²) < 4.78 is 27.6. The van der Waals surface area contributed by atoms with Gasteiger partial charge < -0.3 is 14.4 Å². The molecular weight excluding hydrogens is 433 g/mol. The highest BCUT2D eigenvalue weighted by atomic mass is 19.1. The molecule has 0 unspecified atom stereocenters. The van der Waals surface area contributed by atoms with E-state index in [0.717, 1.165) is 11.1 Å². The number of aryl methyl sites for hydroxylation is 1. The topological polar surface area (TPSA) is 56.6 Å². The van der Waals surface area contributed by atoms with E-state index in [1.807, 2.05) is 60.7 Å². The Hall–Kier alpha value is -3.97. The van der Waals surface area contributed by atoms with Crippen LogP contribution in [-0.4, -0.2) is 40.8 Å². The summed E-state index contributed by atoms with van der Waals surface area (Å²) in [7, 11) is 3.36. The molecule has 7 heteroatoms.